The third-order valence-corrected chi connectivity index (χ3v) is 4.61. The molecule has 3 nitrogen and oxygen atoms in total. The molecule has 3 aromatic rings. The number of esters is 1. The molecule has 0 unspecified atom stereocenters. The molecule has 3 rings (SSSR count). The number of carbonyl (C=O) groups excluding carboxylic acids is 1. The number of rotatable bonds is 4. The minimum atomic E-state index is -0.449. The van der Waals surface area contributed by atoms with Crippen molar-refractivity contribution in [3.8, 4) is 0 Å². The molecule has 23 heavy (non-hydrogen) atoms. The Balaban J connectivity index is 1.61. The van der Waals surface area contributed by atoms with Gasteiger partial charge in [0.15, 0.2) is 0 Å². The molecule has 0 bridgehead atoms. The lowest BCUT2D eigenvalue weighted by Crippen LogP contribution is -2.00. The van der Waals surface area contributed by atoms with Crippen molar-refractivity contribution >= 4 is 56.8 Å². The quantitative estimate of drug-likeness (QED) is 0.462. The van der Waals surface area contributed by atoms with E-state index in [1.165, 1.54) is 17.4 Å². The average molecular weight is 364 g/mol. The summed E-state index contributed by atoms with van der Waals surface area (Å²) in [5.74, 6) is -0.449. The van der Waals surface area contributed by atoms with Crippen molar-refractivity contribution in [3.63, 3.8) is 0 Å². The topological polar surface area (TPSA) is 39.2 Å². The first-order valence-corrected chi connectivity index (χ1v) is 8.33. The summed E-state index contributed by atoms with van der Waals surface area (Å²) in [5, 5.41) is 1.79. The highest BCUT2D eigenvalue weighted by molar-refractivity contribution is 7.18. The fraction of sp³-hybridized carbons (Fsp3) is 0.0588. The molecule has 0 fully saturated rings. The number of ether oxygens (including phenoxy) is 1. The lowest BCUT2D eigenvalue weighted by atomic mass is 10.2. The predicted octanol–water partition coefficient (Wildman–Crippen LogP) is 5.36. The Hall–Kier alpha value is -1.88. The van der Waals surface area contributed by atoms with Crippen LogP contribution in [0, 0.1) is 0 Å². The maximum atomic E-state index is 11.8. The summed E-state index contributed by atoms with van der Waals surface area (Å²) in [6.45, 7) is 0.150. The molecule has 0 atom stereocenters. The number of hydrogen-bond acceptors (Lipinski definition) is 4. The molecule has 0 saturated heterocycles. The van der Waals surface area contributed by atoms with E-state index in [9.17, 15) is 4.79 Å². The van der Waals surface area contributed by atoms with Gasteiger partial charge in [0.05, 0.1) is 10.2 Å². The van der Waals surface area contributed by atoms with Gasteiger partial charge in [0.25, 0.3) is 0 Å². The van der Waals surface area contributed by atoms with E-state index in [1.807, 2.05) is 24.3 Å². The van der Waals surface area contributed by atoms with Crippen molar-refractivity contribution in [2.45, 2.75) is 6.61 Å². The zero-order chi connectivity index (χ0) is 16.2. The molecule has 2 aromatic carbocycles. The van der Waals surface area contributed by atoms with Gasteiger partial charge in [0, 0.05) is 16.1 Å². The Morgan fingerprint density at radius 1 is 1.22 bits per heavy atom. The molecular formula is C17H11Cl2NO2S. The molecule has 0 aliphatic carbocycles. The maximum Gasteiger partial charge on any atom is 0.331 e. The van der Waals surface area contributed by atoms with E-state index in [4.69, 9.17) is 27.9 Å². The van der Waals surface area contributed by atoms with Crippen LogP contribution in [0.15, 0.2) is 48.5 Å². The molecule has 0 spiro atoms. The van der Waals surface area contributed by atoms with E-state index in [0.29, 0.717) is 15.6 Å². The summed E-state index contributed by atoms with van der Waals surface area (Å²) >= 11 is 13.4. The van der Waals surface area contributed by atoms with E-state index in [-0.39, 0.29) is 6.61 Å². The van der Waals surface area contributed by atoms with E-state index in [2.05, 4.69) is 4.98 Å². The average Bonchev–Trinajstić information content (AvgIpc) is 2.95. The largest absolute Gasteiger partial charge is 0.455 e. The summed E-state index contributed by atoms with van der Waals surface area (Å²) in [7, 11) is 0. The van der Waals surface area contributed by atoms with Crippen LogP contribution in [0.4, 0.5) is 0 Å². The van der Waals surface area contributed by atoms with Crippen LogP contribution in [-0.2, 0) is 16.1 Å². The summed E-state index contributed by atoms with van der Waals surface area (Å²) in [5.41, 5.74) is 1.61. The van der Waals surface area contributed by atoms with Crippen LogP contribution in [0.1, 0.15) is 10.6 Å². The second kappa shape index (κ2) is 7.13. The highest BCUT2D eigenvalue weighted by Crippen LogP contribution is 2.23. The number of aromatic nitrogens is 1. The molecule has 116 valence electrons. The Morgan fingerprint density at radius 2 is 2.04 bits per heavy atom. The van der Waals surface area contributed by atoms with Crippen molar-refractivity contribution in [2.75, 3.05) is 0 Å². The van der Waals surface area contributed by atoms with Crippen molar-refractivity contribution in [1.29, 1.82) is 0 Å². The molecule has 0 amide bonds. The third-order valence-electron chi connectivity index (χ3n) is 3.04. The van der Waals surface area contributed by atoms with E-state index < -0.39 is 5.97 Å². The van der Waals surface area contributed by atoms with Gasteiger partial charge in [0.1, 0.15) is 11.6 Å². The Kier molecular flexibility index (Phi) is 4.96. The van der Waals surface area contributed by atoms with E-state index in [1.54, 1.807) is 24.3 Å². The number of thiazole rings is 1. The minimum Gasteiger partial charge on any atom is -0.455 e. The van der Waals surface area contributed by atoms with E-state index >= 15 is 0 Å². The standard InChI is InChI=1S/C17H11Cl2NO2S/c18-12-7-5-11(13(19)9-12)6-8-17(21)22-10-16-20-14-3-1-2-4-15(14)23-16/h1-9H,10H2/b8-6+. The number of hydrogen-bond donors (Lipinski definition) is 0. The molecule has 0 aliphatic heterocycles. The van der Waals surface area contributed by atoms with Gasteiger partial charge in [-0.05, 0) is 35.9 Å². The number of fused-ring (bicyclic) bond motifs is 1. The molecule has 0 saturated carbocycles. The van der Waals surface area contributed by atoms with Gasteiger partial charge in [-0.3, -0.25) is 0 Å². The third kappa shape index (κ3) is 4.10. The molecular weight excluding hydrogens is 353 g/mol. The molecule has 0 aliphatic rings. The molecule has 1 aromatic heterocycles. The van der Waals surface area contributed by atoms with Crippen LogP contribution >= 0.6 is 34.5 Å². The first-order valence-electron chi connectivity index (χ1n) is 6.76. The van der Waals surface area contributed by atoms with Crippen LogP contribution in [0.2, 0.25) is 10.0 Å². The van der Waals surface area contributed by atoms with Crippen LogP contribution in [0.5, 0.6) is 0 Å². The van der Waals surface area contributed by atoms with Gasteiger partial charge in [-0.25, -0.2) is 9.78 Å². The van der Waals surface area contributed by atoms with Crippen molar-refractivity contribution in [1.82, 2.24) is 4.98 Å². The fourth-order valence-electron chi connectivity index (χ4n) is 1.96. The predicted molar refractivity (Wildman–Crippen MR) is 94.9 cm³/mol. The molecule has 0 radical (unpaired) electrons. The van der Waals surface area contributed by atoms with Gasteiger partial charge in [-0.1, -0.05) is 41.4 Å². The Bertz CT molecular complexity index is 856. The van der Waals surface area contributed by atoms with Crippen LogP contribution in [-0.4, -0.2) is 11.0 Å². The Morgan fingerprint density at radius 3 is 2.83 bits per heavy atom. The first-order chi connectivity index (χ1) is 11.1. The van der Waals surface area contributed by atoms with Crippen molar-refractivity contribution < 1.29 is 9.53 Å². The zero-order valence-corrected chi connectivity index (χ0v) is 14.2. The summed E-state index contributed by atoms with van der Waals surface area (Å²) in [6.07, 6.45) is 2.93. The normalized spacial score (nSPS) is 11.2. The van der Waals surface area contributed by atoms with Gasteiger partial charge < -0.3 is 4.74 Å². The SMILES string of the molecule is O=C(/C=C/c1ccc(Cl)cc1Cl)OCc1nc2ccccc2s1. The van der Waals surface area contributed by atoms with Crippen LogP contribution < -0.4 is 0 Å². The van der Waals surface area contributed by atoms with Gasteiger partial charge in [-0.15, -0.1) is 11.3 Å². The van der Waals surface area contributed by atoms with Crippen molar-refractivity contribution in [2.24, 2.45) is 0 Å². The number of nitrogens with zero attached hydrogens (tertiary/aromatic N) is 1. The Labute approximate surface area is 147 Å². The zero-order valence-electron chi connectivity index (χ0n) is 11.8. The van der Waals surface area contributed by atoms with Gasteiger partial charge in [0.2, 0.25) is 0 Å². The second-order valence-corrected chi connectivity index (χ2v) is 6.64. The number of benzene rings is 2. The van der Waals surface area contributed by atoms with E-state index in [0.717, 1.165) is 15.2 Å². The van der Waals surface area contributed by atoms with Gasteiger partial charge >= 0.3 is 5.97 Å². The highest BCUT2D eigenvalue weighted by Gasteiger charge is 2.06. The monoisotopic (exact) mass is 363 g/mol. The number of halogens is 2. The molecule has 6 heteroatoms. The number of carbonyl (C=O) groups is 1. The van der Waals surface area contributed by atoms with Crippen molar-refractivity contribution in [3.05, 3.63) is 69.2 Å². The highest BCUT2D eigenvalue weighted by atomic mass is 35.5. The second-order valence-electron chi connectivity index (χ2n) is 4.68. The minimum absolute atomic E-state index is 0.150. The lowest BCUT2D eigenvalue weighted by molar-refractivity contribution is -0.138. The summed E-state index contributed by atoms with van der Waals surface area (Å²) in [4.78, 5) is 16.2. The smallest absolute Gasteiger partial charge is 0.331 e. The maximum absolute atomic E-state index is 11.8. The molecule has 0 N–H and O–H groups in total. The van der Waals surface area contributed by atoms with Gasteiger partial charge in [-0.2, -0.15) is 0 Å². The first kappa shape index (κ1) is 16.0. The summed E-state index contributed by atoms with van der Waals surface area (Å²) < 4.78 is 6.27. The number of para-hydroxylation sites is 1. The lowest BCUT2D eigenvalue weighted by Gasteiger charge is -2.00. The van der Waals surface area contributed by atoms with Crippen LogP contribution in [0.3, 0.4) is 0 Å². The fourth-order valence-corrected chi connectivity index (χ4v) is 3.31. The van der Waals surface area contributed by atoms with Crippen LogP contribution in [0.25, 0.3) is 16.3 Å². The summed E-state index contributed by atoms with van der Waals surface area (Å²) in [6, 6.07) is 12.9. The molecule has 1 heterocycles.